The Morgan fingerprint density at radius 1 is 0.840 bits per heavy atom. The van der Waals surface area contributed by atoms with Crippen LogP contribution in [0.3, 0.4) is 0 Å². The molecule has 10 heteroatoms. The van der Waals surface area contributed by atoms with Crippen LogP contribution in [-0.2, 0) is 38.2 Å². The van der Waals surface area contributed by atoms with Crippen molar-refractivity contribution in [2.45, 2.75) is 19.3 Å². The Kier molecular flexibility index (Phi) is 4.41. The Morgan fingerprint density at radius 3 is 1.40 bits per heavy atom. The molecule has 0 spiro atoms. The molecule has 25 heavy (non-hydrogen) atoms. The van der Waals surface area contributed by atoms with Gasteiger partial charge >= 0.3 is 11.9 Å². The van der Waals surface area contributed by atoms with Crippen LogP contribution >= 0.6 is 0 Å². The van der Waals surface area contributed by atoms with E-state index in [0.29, 0.717) is 0 Å². The van der Waals surface area contributed by atoms with Crippen molar-refractivity contribution < 1.29 is 48.5 Å². The topological polar surface area (TPSA) is 167 Å². The highest BCUT2D eigenvalue weighted by Gasteiger charge is 2.66. The molecule has 0 aromatic carbocycles. The van der Waals surface area contributed by atoms with E-state index in [2.05, 4.69) is 9.47 Å². The number of rotatable bonds is 4. The summed E-state index contributed by atoms with van der Waals surface area (Å²) in [5.74, 6) is -12.2. The van der Waals surface area contributed by atoms with Crippen LogP contribution in [0.4, 0.5) is 0 Å². The molecule has 4 atom stereocenters. The molecule has 0 aromatic rings. The predicted octanol–water partition coefficient (Wildman–Crippen LogP) is -3.63. The minimum atomic E-state index is -2.51. The van der Waals surface area contributed by atoms with Gasteiger partial charge in [0.25, 0.3) is 0 Å². The maximum absolute atomic E-state index is 12.6. The molecule has 136 valence electrons. The standard InChI is InChI=1S/C15H16O10/c1-24-10(18)6-3-14(12(20)21)5-15(8(6)16,13(22)23)4-7(9(14)17)11(19)25-2/h6-7H,3-5H2,1-2H3,(H,20,21)(H,22,23)/p-2/t6-,7-,14-,15+/m1/s1. The zero-order valence-corrected chi connectivity index (χ0v) is 13.4. The summed E-state index contributed by atoms with van der Waals surface area (Å²) in [5, 5.41) is 23.4. The van der Waals surface area contributed by atoms with Crippen LogP contribution in [0, 0.1) is 22.7 Å². The van der Waals surface area contributed by atoms with Gasteiger partial charge in [0.05, 0.1) is 37.0 Å². The SMILES string of the molecule is COC(=O)[C@@H]1C[C@]2(C(=O)[O-])C[C@](C(=O)[O-])(C[C@@H](C(=O)OC)C2=O)C1=O. The molecule has 2 saturated carbocycles. The van der Waals surface area contributed by atoms with E-state index in [9.17, 15) is 39.0 Å². The molecule has 2 aliphatic carbocycles. The first-order valence-corrected chi connectivity index (χ1v) is 7.24. The van der Waals surface area contributed by atoms with Crippen LogP contribution in [0.5, 0.6) is 0 Å². The summed E-state index contributed by atoms with van der Waals surface area (Å²) in [5.41, 5.74) is -5.02. The Hall–Kier alpha value is -2.78. The molecule has 0 aromatic heterocycles. The second-order valence-corrected chi connectivity index (χ2v) is 6.20. The quantitative estimate of drug-likeness (QED) is 0.363. The van der Waals surface area contributed by atoms with Crippen LogP contribution in [0.1, 0.15) is 19.3 Å². The van der Waals surface area contributed by atoms with E-state index in [1.54, 1.807) is 0 Å². The van der Waals surface area contributed by atoms with Gasteiger partial charge in [-0.25, -0.2) is 0 Å². The highest BCUT2D eigenvalue weighted by atomic mass is 16.5. The number of hydrogen-bond donors (Lipinski definition) is 0. The predicted molar refractivity (Wildman–Crippen MR) is 69.8 cm³/mol. The van der Waals surface area contributed by atoms with E-state index >= 15 is 0 Å². The Labute approximate surface area is 141 Å². The number of hydrogen-bond acceptors (Lipinski definition) is 10. The summed E-state index contributed by atoms with van der Waals surface area (Å²) in [6.07, 6.45) is -2.63. The Morgan fingerprint density at radius 2 is 1.16 bits per heavy atom. The van der Waals surface area contributed by atoms with E-state index in [4.69, 9.17) is 0 Å². The van der Waals surface area contributed by atoms with Crippen molar-refractivity contribution in [3.63, 3.8) is 0 Å². The Balaban J connectivity index is 2.71. The first kappa shape index (κ1) is 18.6. The average Bonchev–Trinajstić information content (AvgIpc) is 2.58. The Bertz CT molecular complexity index is 636. The second-order valence-electron chi connectivity index (χ2n) is 6.20. The molecule has 2 aliphatic rings. The van der Waals surface area contributed by atoms with Gasteiger partial charge in [-0.2, -0.15) is 0 Å². The summed E-state index contributed by atoms with van der Waals surface area (Å²) in [7, 11) is 1.85. The first-order chi connectivity index (χ1) is 11.6. The zero-order chi connectivity index (χ0) is 19.2. The smallest absolute Gasteiger partial charge is 0.316 e. The molecule has 2 rings (SSSR count). The van der Waals surface area contributed by atoms with E-state index in [0.717, 1.165) is 14.2 Å². The molecule has 2 bridgehead atoms. The highest BCUT2D eigenvalue weighted by molar-refractivity contribution is 6.20. The number of aliphatic carboxylic acids is 2. The third-order valence-electron chi connectivity index (χ3n) is 5.04. The molecule has 0 heterocycles. The summed E-state index contributed by atoms with van der Waals surface area (Å²) in [6, 6.07) is 0. The fraction of sp³-hybridized carbons (Fsp3) is 0.600. The first-order valence-electron chi connectivity index (χ1n) is 7.24. The number of ketones is 2. The minimum absolute atomic E-state index is 0.845. The van der Waals surface area contributed by atoms with Crippen molar-refractivity contribution in [1.82, 2.24) is 0 Å². The number of methoxy groups -OCH3 is 2. The molecule has 0 N–H and O–H groups in total. The van der Waals surface area contributed by atoms with Gasteiger partial charge in [-0.05, 0) is 19.3 Å². The number of carboxylic acid groups (broad SMARTS) is 2. The largest absolute Gasteiger partial charge is 0.549 e. The highest BCUT2D eigenvalue weighted by Crippen LogP contribution is 2.55. The number of fused-ring (bicyclic) bond motifs is 2. The van der Waals surface area contributed by atoms with Crippen molar-refractivity contribution in [3.05, 3.63) is 0 Å². The second kappa shape index (κ2) is 5.94. The molecule has 10 nitrogen and oxygen atoms in total. The minimum Gasteiger partial charge on any atom is -0.549 e. The molecule has 2 fully saturated rings. The number of Topliss-reactive ketones (excluding diaryl/α,β-unsaturated/α-hetero) is 2. The van der Waals surface area contributed by atoms with Crippen molar-refractivity contribution in [1.29, 1.82) is 0 Å². The lowest BCUT2D eigenvalue weighted by molar-refractivity contribution is -0.328. The summed E-state index contributed by atoms with van der Waals surface area (Å²) in [6.45, 7) is 0. The van der Waals surface area contributed by atoms with Crippen LogP contribution in [0.2, 0.25) is 0 Å². The molecule has 0 amide bonds. The average molecular weight is 354 g/mol. The fourth-order valence-electron chi connectivity index (χ4n) is 3.76. The lowest BCUT2D eigenvalue weighted by Gasteiger charge is -2.54. The third-order valence-corrected chi connectivity index (χ3v) is 5.04. The van der Waals surface area contributed by atoms with Gasteiger partial charge in [0, 0.05) is 0 Å². The van der Waals surface area contributed by atoms with Crippen LogP contribution in [0.15, 0.2) is 0 Å². The van der Waals surface area contributed by atoms with Gasteiger partial charge in [-0.1, -0.05) is 0 Å². The molecular formula is C15H14O10-2. The monoisotopic (exact) mass is 354 g/mol. The van der Waals surface area contributed by atoms with Crippen molar-refractivity contribution in [2.24, 2.45) is 22.7 Å². The number of carboxylic acids is 2. The van der Waals surface area contributed by atoms with E-state index in [1.807, 2.05) is 0 Å². The lowest BCUT2D eigenvalue weighted by atomic mass is 9.48. The van der Waals surface area contributed by atoms with Crippen LogP contribution in [0.25, 0.3) is 0 Å². The molecular weight excluding hydrogens is 340 g/mol. The van der Waals surface area contributed by atoms with Gasteiger partial charge in [-0.3, -0.25) is 19.2 Å². The summed E-state index contributed by atoms with van der Waals surface area (Å²) < 4.78 is 8.83. The van der Waals surface area contributed by atoms with Crippen LogP contribution < -0.4 is 10.2 Å². The number of carbonyl (C=O) groups excluding carboxylic acids is 6. The van der Waals surface area contributed by atoms with E-state index in [1.165, 1.54) is 0 Å². The number of carbonyl (C=O) groups is 6. The molecule has 0 saturated heterocycles. The number of ether oxygens (including phenoxy) is 2. The third kappa shape index (κ3) is 2.39. The molecule has 0 aliphatic heterocycles. The summed E-state index contributed by atoms with van der Waals surface area (Å²) in [4.78, 5) is 72.4. The van der Waals surface area contributed by atoms with E-state index < -0.39 is 77.4 Å². The van der Waals surface area contributed by atoms with Crippen molar-refractivity contribution in [2.75, 3.05) is 14.2 Å². The van der Waals surface area contributed by atoms with Gasteiger partial charge in [0.15, 0.2) is 11.6 Å². The fourth-order valence-corrected chi connectivity index (χ4v) is 3.76. The normalized spacial score (nSPS) is 34.2. The van der Waals surface area contributed by atoms with Gasteiger partial charge in [0.1, 0.15) is 11.8 Å². The molecule has 0 radical (unpaired) electrons. The number of esters is 2. The van der Waals surface area contributed by atoms with Crippen molar-refractivity contribution in [3.8, 4) is 0 Å². The van der Waals surface area contributed by atoms with Gasteiger partial charge in [-0.15, -0.1) is 0 Å². The zero-order valence-electron chi connectivity index (χ0n) is 13.4. The van der Waals surface area contributed by atoms with Gasteiger partial charge < -0.3 is 29.3 Å². The van der Waals surface area contributed by atoms with E-state index in [-0.39, 0.29) is 0 Å². The lowest BCUT2D eigenvalue weighted by Crippen LogP contribution is -2.68. The molecule has 0 unspecified atom stereocenters. The maximum atomic E-state index is 12.6. The van der Waals surface area contributed by atoms with Crippen molar-refractivity contribution >= 4 is 35.4 Å². The maximum Gasteiger partial charge on any atom is 0.316 e. The van der Waals surface area contributed by atoms with Crippen LogP contribution in [-0.4, -0.2) is 49.7 Å². The summed E-state index contributed by atoms with van der Waals surface area (Å²) >= 11 is 0. The van der Waals surface area contributed by atoms with Gasteiger partial charge in [0.2, 0.25) is 0 Å².